The van der Waals surface area contributed by atoms with Gasteiger partial charge < -0.3 is 14.6 Å². The van der Waals surface area contributed by atoms with Crippen molar-refractivity contribution in [2.75, 3.05) is 13.7 Å². The highest BCUT2D eigenvalue weighted by Crippen LogP contribution is 2.23. The number of rotatable bonds is 8. The molecule has 1 atom stereocenters. The fourth-order valence-electron chi connectivity index (χ4n) is 2.97. The van der Waals surface area contributed by atoms with Gasteiger partial charge in [0.15, 0.2) is 0 Å². The topological polar surface area (TPSA) is 102 Å². The van der Waals surface area contributed by atoms with Gasteiger partial charge in [-0.15, -0.1) is 6.42 Å². The van der Waals surface area contributed by atoms with Gasteiger partial charge in [-0.2, -0.15) is 4.72 Å². The number of imidazole rings is 1. The largest absolute Gasteiger partial charge is 0.497 e. The molecule has 0 fully saturated rings. The highest BCUT2D eigenvalue weighted by Gasteiger charge is 2.22. The summed E-state index contributed by atoms with van der Waals surface area (Å²) in [4.78, 5) is 17.3. The Labute approximate surface area is 181 Å². The Bertz CT molecular complexity index is 1190. The van der Waals surface area contributed by atoms with Gasteiger partial charge in [-0.1, -0.05) is 18.1 Å². The van der Waals surface area contributed by atoms with Crippen molar-refractivity contribution < 1.29 is 17.9 Å². The first-order valence-electron chi connectivity index (χ1n) is 9.31. The lowest BCUT2D eigenvalue weighted by atomic mass is 10.0. The number of hydrogen-bond acceptors (Lipinski definition) is 5. The summed E-state index contributed by atoms with van der Waals surface area (Å²) in [5, 5.41) is 2.97. The second kappa shape index (κ2) is 9.47. The molecule has 1 amide bonds. The first kappa shape index (κ1) is 22.1. The summed E-state index contributed by atoms with van der Waals surface area (Å²) >= 11 is 0. The van der Waals surface area contributed by atoms with Crippen LogP contribution >= 0.6 is 0 Å². The van der Waals surface area contributed by atoms with Crippen molar-refractivity contribution in [3.63, 3.8) is 0 Å². The van der Waals surface area contributed by atoms with Crippen molar-refractivity contribution in [3.05, 3.63) is 77.9 Å². The third kappa shape index (κ3) is 5.12. The molecule has 2 N–H and O–H groups in total. The maximum Gasteiger partial charge on any atom is 0.252 e. The zero-order valence-corrected chi connectivity index (χ0v) is 17.9. The molecule has 0 aliphatic carbocycles. The molecule has 1 heterocycles. The Balaban J connectivity index is 1.85. The van der Waals surface area contributed by atoms with E-state index in [1.807, 2.05) is 23.7 Å². The fourth-order valence-corrected chi connectivity index (χ4v) is 3.90. The summed E-state index contributed by atoms with van der Waals surface area (Å²) in [6, 6.07) is 12.4. The van der Waals surface area contributed by atoms with Crippen molar-refractivity contribution in [3.8, 4) is 18.1 Å². The lowest BCUT2D eigenvalue weighted by molar-refractivity contribution is 0.0941. The number of amides is 1. The molecule has 0 unspecified atom stereocenters. The van der Waals surface area contributed by atoms with Crippen molar-refractivity contribution in [2.24, 2.45) is 7.05 Å². The van der Waals surface area contributed by atoms with E-state index in [0.717, 1.165) is 5.56 Å². The number of nitrogens with one attached hydrogen (secondary N) is 2. The van der Waals surface area contributed by atoms with Crippen LogP contribution in [0.4, 0.5) is 0 Å². The van der Waals surface area contributed by atoms with Crippen LogP contribution in [-0.4, -0.2) is 37.5 Å². The van der Waals surface area contributed by atoms with Crippen molar-refractivity contribution in [1.29, 1.82) is 0 Å². The third-order valence-corrected chi connectivity index (χ3v) is 6.05. The molecular formula is C22H22N4O4S. The molecule has 0 bridgehead atoms. The molecule has 3 rings (SSSR count). The molecule has 0 spiro atoms. The Morgan fingerprint density at radius 2 is 1.87 bits per heavy atom. The van der Waals surface area contributed by atoms with Gasteiger partial charge >= 0.3 is 0 Å². The van der Waals surface area contributed by atoms with E-state index in [4.69, 9.17) is 11.2 Å². The molecule has 0 aliphatic heterocycles. The van der Waals surface area contributed by atoms with Crippen LogP contribution in [-0.2, 0) is 17.1 Å². The smallest absolute Gasteiger partial charge is 0.252 e. The minimum absolute atomic E-state index is 0.0232. The molecular weight excluding hydrogens is 416 g/mol. The van der Waals surface area contributed by atoms with E-state index in [1.54, 1.807) is 31.6 Å². The van der Waals surface area contributed by atoms with Gasteiger partial charge in [0.2, 0.25) is 10.0 Å². The molecule has 3 aromatic rings. The molecule has 2 aromatic carbocycles. The Morgan fingerprint density at radius 3 is 2.42 bits per heavy atom. The molecule has 1 aromatic heterocycles. The van der Waals surface area contributed by atoms with Gasteiger partial charge in [0, 0.05) is 25.0 Å². The van der Waals surface area contributed by atoms with Crippen LogP contribution in [0.25, 0.3) is 0 Å². The van der Waals surface area contributed by atoms with E-state index in [0.29, 0.717) is 17.1 Å². The van der Waals surface area contributed by atoms with E-state index < -0.39 is 16.1 Å². The monoisotopic (exact) mass is 438 g/mol. The third-order valence-electron chi connectivity index (χ3n) is 4.63. The van der Waals surface area contributed by atoms with Crippen LogP contribution < -0.4 is 14.8 Å². The first-order chi connectivity index (χ1) is 14.9. The fraction of sp³-hybridized carbons (Fsp3) is 0.182. The van der Waals surface area contributed by atoms with E-state index in [2.05, 4.69) is 20.9 Å². The number of hydrogen-bond donors (Lipinski definition) is 2. The second-order valence-corrected chi connectivity index (χ2v) is 8.40. The van der Waals surface area contributed by atoms with Gasteiger partial charge in [0.05, 0.1) is 18.6 Å². The lowest BCUT2D eigenvalue weighted by Gasteiger charge is -2.19. The van der Waals surface area contributed by atoms with Gasteiger partial charge in [0.25, 0.3) is 5.91 Å². The number of methoxy groups -OCH3 is 1. The van der Waals surface area contributed by atoms with Gasteiger partial charge in [-0.3, -0.25) is 4.79 Å². The minimum Gasteiger partial charge on any atom is -0.497 e. The average molecular weight is 439 g/mol. The second-order valence-electron chi connectivity index (χ2n) is 6.63. The highest BCUT2D eigenvalue weighted by atomic mass is 32.2. The standard InChI is InChI=1S/C22H22N4O4S/c1-4-13-24-31(28,29)19-11-7-17(8-12-19)22(27)25-20(21-23-14-15-26(21)2)16-5-9-18(30-3)10-6-16/h1,5-12,14-15,20,24H,13H2,2-3H3,(H,25,27)/t20-/m0/s1. The molecule has 9 heteroatoms. The van der Waals surface area contributed by atoms with Crippen LogP contribution in [0.5, 0.6) is 5.75 Å². The number of carbonyl (C=O) groups is 1. The van der Waals surface area contributed by atoms with E-state index in [9.17, 15) is 13.2 Å². The molecule has 8 nitrogen and oxygen atoms in total. The zero-order valence-electron chi connectivity index (χ0n) is 17.1. The van der Waals surface area contributed by atoms with Gasteiger partial charge in [-0.25, -0.2) is 13.4 Å². The SMILES string of the molecule is C#CCNS(=O)(=O)c1ccc(C(=O)N[C@@H](c2ccc(OC)cc2)c2nccn2C)cc1. The van der Waals surface area contributed by atoms with Gasteiger partial charge in [0.1, 0.15) is 17.6 Å². The number of ether oxygens (including phenoxy) is 1. The van der Waals surface area contributed by atoms with E-state index in [-0.39, 0.29) is 17.3 Å². The number of nitrogens with zero attached hydrogens (tertiary/aromatic N) is 2. The average Bonchev–Trinajstić information content (AvgIpc) is 3.21. The maximum absolute atomic E-state index is 12.9. The molecule has 31 heavy (non-hydrogen) atoms. The van der Waals surface area contributed by atoms with Crippen molar-refractivity contribution in [2.45, 2.75) is 10.9 Å². The normalized spacial score (nSPS) is 12.0. The zero-order chi connectivity index (χ0) is 22.4. The Kier molecular flexibility index (Phi) is 6.74. The maximum atomic E-state index is 12.9. The van der Waals surface area contributed by atoms with Crippen molar-refractivity contribution >= 4 is 15.9 Å². The number of sulfonamides is 1. The van der Waals surface area contributed by atoms with E-state index >= 15 is 0 Å². The highest BCUT2D eigenvalue weighted by molar-refractivity contribution is 7.89. The quantitative estimate of drug-likeness (QED) is 0.523. The summed E-state index contributed by atoms with van der Waals surface area (Å²) < 4.78 is 33.6. The van der Waals surface area contributed by atoms with Crippen LogP contribution in [0.3, 0.4) is 0 Å². The summed E-state index contributed by atoms with van der Waals surface area (Å²) in [6.07, 6.45) is 8.54. The van der Waals surface area contributed by atoms with Crippen LogP contribution in [0.2, 0.25) is 0 Å². The van der Waals surface area contributed by atoms with Crippen LogP contribution in [0.15, 0.2) is 65.8 Å². The molecule has 0 saturated heterocycles. The number of benzene rings is 2. The van der Waals surface area contributed by atoms with Crippen molar-refractivity contribution in [1.82, 2.24) is 19.6 Å². The Morgan fingerprint density at radius 1 is 1.19 bits per heavy atom. The number of terminal acetylenes is 1. The molecule has 0 saturated carbocycles. The minimum atomic E-state index is -3.73. The van der Waals surface area contributed by atoms with E-state index in [1.165, 1.54) is 24.3 Å². The summed E-state index contributed by atoms with van der Waals surface area (Å²) in [5.74, 6) is 3.19. The molecule has 160 valence electrons. The summed E-state index contributed by atoms with van der Waals surface area (Å²) in [6.45, 7) is -0.113. The Hall–Kier alpha value is -3.61. The summed E-state index contributed by atoms with van der Waals surface area (Å²) in [7, 11) is -0.305. The number of aromatic nitrogens is 2. The molecule has 0 radical (unpaired) electrons. The summed E-state index contributed by atoms with van der Waals surface area (Å²) in [5.41, 5.74) is 1.13. The predicted octanol–water partition coefficient (Wildman–Crippen LogP) is 1.86. The van der Waals surface area contributed by atoms with Crippen LogP contribution in [0, 0.1) is 12.3 Å². The number of carbonyl (C=O) groups excluding carboxylic acids is 1. The molecule has 0 aliphatic rings. The van der Waals surface area contributed by atoms with Gasteiger partial charge in [-0.05, 0) is 42.0 Å². The van der Waals surface area contributed by atoms with Crippen LogP contribution in [0.1, 0.15) is 27.8 Å². The number of aryl methyl sites for hydroxylation is 1. The lowest BCUT2D eigenvalue weighted by Crippen LogP contribution is -2.31. The predicted molar refractivity (Wildman–Crippen MR) is 116 cm³/mol. The first-order valence-corrected chi connectivity index (χ1v) is 10.8.